The summed E-state index contributed by atoms with van der Waals surface area (Å²) in [7, 11) is 0. The molecular weight excluding hydrogens is 205 g/mol. The molecule has 0 heterocycles. The molecule has 1 aromatic carbocycles. The Bertz CT molecular complexity index is 299. The summed E-state index contributed by atoms with van der Waals surface area (Å²) in [6.07, 6.45) is 1.31. The molecule has 0 aliphatic heterocycles. The molecule has 2 unspecified atom stereocenters. The maximum Gasteiger partial charge on any atom is 0.123 e. The fourth-order valence-corrected chi connectivity index (χ4v) is 1.54. The Kier molecular flexibility index (Phi) is 5.43. The number of benzene rings is 1. The van der Waals surface area contributed by atoms with Gasteiger partial charge in [0.05, 0.1) is 6.10 Å². The zero-order valence-electron chi connectivity index (χ0n) is 9.91. The lowest BCUT2D eigenvalue weighted by Crippen LogP contribution is -2.23. The van der Waals surface area contributed by atoms with Crippen LogP contribution in [0.1, 0.15) is 38.3 Å². The largest absolute Gasteiger partial charge is 0.393 e. The van der Waals surface area contributed by atoms with Gasteiger partial charge in [0.25, 0.3) is 0 Å². The molecule has 3 heteroatoms. The summed E-state index contributed by atoms with van der Waals surface area (Å²) in [6, 6.07) is 6.68. The van der Waals surface area contributed by atoms with Gasteiger partial charge < -0.3 is 10.4 Å². The highest BCUT2D eigenvalue weighted by Gasteiger charge is 2.06. The van der Waals surface area contributed by atoms with Crippen LogP contribution in [0.4, 0.5) is 4.39 Å². The summed E-state index contributed by atoms with van der Waals surface area (Å²) < 4.78 is 12.7. The highest BCUT2D eigenvalue weighted by molar-refractivity contribution is 5.19. The van der Waals surface area contributed by atoms with E-state index in [9.17, 15) is 9.50 Å². The van der Waals surface area contributed by atoms with Crippen molar-refractivity contribution < 1.29 is 9.50 Å². The minimum atomic E-state index is -0.229. The van der Waals surface area contributed by atoms with E-state index in [0.717, 1.165) is 24.9 Å². The van der Waals surface area contributed by atoms with Crippen molar-refractivity contribution in [2.24, 2.45) is 0 Å². The Labute approximate surface area is 96.5 Å². The van der Waals surface area contributed by atoms with Gasteiger partial charge >= 0.3 is 0 Å². The number of hydrogen-bond donors (Lipinski definition) is 2. The zero-order chi connectivity index (χ0) is 12.0. The topological polar surface area (TPSA) is 32.3 Å². The first kappa shape index (κ1) is 13.1. The number of hydrogen-bond acceptors (Lipinski definition) is 2. The molecule has 0 saturated carbocycles. The van der Waals surface area contributed by atoms with E-state index in [-0.39, 0.29) is 18.0 Å². The van der Waals surface area contributed by atoms with Gasteiger partial charge in [0.2, 0.25) is 0 Å². The molecule has 0 aromatic heterocycles. The molecule has 1 aromatic rings. The van der Waals surface area contributed by atoms with Crippen molar-refractivity contribution in [1.82, 2.24) is 5.32 Å². The normalized spacial score (nSPS) is 14.8. The molecule has 0 fully saturated rings. The number of rotatable bonds is 6. The van der Waals surface area contributed by atoms with Crippen LogP contribution in [0.2, 0.25) is 0 Å². The molecule has 2 nitrogen and oxygen atoms in total. The minimum Gasteiger partial charge on any atom is -0.393 e. The summed E-state index contributed by atoms with van der Waals surface area (Å²) in [5, 5.41) is 12.7. The number of nitrogens with one attached hydrogen (secondary N) is 1. The standard InChI is InChI=1S/C13H20FNO/c1-3-13(16)8-9-15-10(2)11-4-6-12(14)7-5-11/h4-7,10,13,15-16H,3,8-9H2,1-2H3. The lowest BCUT2D eigenvalue weighted by Gasteiger charge is -2.15. The highest BCUT2D eigenvalue weighted by atomic mass is 19.1. The molecule has 16 heavy (non-hydrogen) atoms. The first-order valence-corrected chi connectivity index (χ1v) is 5.80. The van der Waals surface area contributed by atoms with Crippen LogP contribution in [0.15, 0.2) is 24.3 Å². The second-order valence-corrected chi connectivity index (χ2v) is 4.08. The lowest BCUT2D eigenvalue weighted by molar-refractivity contribution is 0.159. The predicted octanol–water partition coefficient (Wildman–Crippen LogP) is 2.64. The van der Waals surface area contributed by atoms with Crippen LogP contribution in [0.5, 0.6) is 0 Å². The smallest absolute Gasteiger partial charge is 0.123 e. The van der Waals surface area contributed by atoms with Gasteiger partial charge in [-0.2, -0.15) is 0 Å². The minimum absolute atomic E-state index is 0.185. The molecule has 1 rings (SSSR count). The number of aliphatic hydroxyl groups excluding tert-OH is 1. The third kappa shape index (κ3) is 4.29. The third-order valence-corrected chi connectivity index (χ3v) is 2.77. The van der Waals surface area contributed by atoms with Gasteiger partial charge in [0.15, 0.2) is 0 Å². The van der Waals surface area contributed by atoms with Gasteiger partial charge in [-0.3, -0.25) is 0 Å². The van der Waals surface area contributed by atoms with Crippen molar-refractivity contribution in [3.8, 4) is 0 Å². The molecule has 0 bridgehead atoms. The van der Waals surface area contributed by atoms with Crippen molar-refractivity contribution in [3.05, 3.63) is 35.6 Å². The average molecular weight is 225 g/mol. The first-order chi connectivity index (χ1) is 7.63. The molecule has 0 aliphatic rings. The Morgan fingerprint density at radius 2 is 1.94 bits per heavy atom. The van der Waals surface area contributed by atoms with Gasteiger partial charge in [-0.15, -0.1) is 0 Å². The van der Waals surface area contributed by atoms with Crippen LogP contribution < -0.4 is 5.32 Å². The van der Waals surface area contributed by atoms with Crippen LogP contribution in [-0.4, -0.2) is 17.8 Å². The van der Waals surface area contributed by atoms with E-state index < -0.39 is 0 Å². The predicted molar refractivity (Wildman–Crippen MR) is 63.7 cm³/mol. The third-order valence-electron chi connectivity index (χ3n) is 2.77. The van der Waals surface area contributed by atoms with Crippen LogP contribution >= 0.6 is 0 Å². The SMILES string of the molecule is CCC(O)CCNC(C)c1ccc(F)cc1. The Hall–Kier alpha value is -0.930. The first-order valence-electron chi connectivity index (χ1n) is 5.80. The molecular formula is C13H20FNO. The second kappa shape index (κ2) is 6.61. The van der Waals surface area contributed by atoms with Crippen LogP contribution in [-0.2, 0) is 0 Å². The average Bonchev–Trinajstić information content (AvgIpc) is 2.29. The number of aliphatic hydroxyl groups is 1. The van der Waals surface area contributed by atoms with E-state index in [1.807, 2.05) is 13.8 Å². The van der Waals surface area contributed by atoms with E-state index in [2.05, 4.69) is 5.32 Å². The van der Waals surface area contributed by atoms with E-state index in [0.29, 0.717) is 0 Å². The van der Waals surface area contributed by atoms with Gasteiger partial charge in [0.1, 0.15) is 5.82 Å². The maximum absolute atomic E-state index is 12.7. The summed E-state index contributed by atoms with van der Waals surface area (Å²) >= 11 is 0. The summed E-state index contributed by atoms with van der Waals surface area (Å²) in [5.74, 6) is -0.211. The van der Waals surface area contributed by atoms with Crippen molar-refractivity contribution in [2.45, 2.75) is 38.8 Å². The van der Waals surface area contributed by atoms with Gasteiger partial charge in [0, 0.05) is 6.04 Å². The Balaban J connectivity index is 2.35. The molecule has 2 N–H and O–H groups in total. The molecule has 0 aliphatic carbocycles. The van der Waals surface area contributed by atoms with E-state index in [1.165, 1.54) is 12.1 Å². The van der Waals surface area contributed by atoms with E-state index in [4.69, 9.17) is 0 Å². The Morgan fingerprint density at radius 3 is 2.50 bits per heavy atom. The quantitative estimate of drug-likeness (QED) is 0.780. The van der Waals surface area contributed by atoms with Crippen LogP contribution in [0.3, 0.4) is 0 Å². The summed E-state index contributed by atoms with van der Waals surface area (Å²) in [6.45, 7) is 4.77. The van der Waals surface area contributed by atoms with E-state index in [1.54, 1.807) is 12.1 Å². The van der Waals surface area contributed by atoms with E-state index >= 15 is 0 Å². The van der Waals surface area contributed by atoms with Gasteiger partial charge in [-0.05, 0) is 44.0 Å². The second-order valence-electron chi connectivity index (χ2n) is 4.08. The molecule has 0 radical (unpaired) electrons. The summed E-state index contributed by atoms with van der Waals surface area (Å²) in [5.41, 5.74) is 1.06. The molecule has 0 spiro atoms. The molecule has 0 amide bonds. The maximum atomic E-state index is 12.7. The zero-order valence-corrected chi connectivity index (χ0v) is 9.91. The lowest BCUT2D eigenvalue weighted by atomic mass is 10.1. The van der Waals surface area contributed by atoms with Gasteiger partial charge in [-0.25, -0.2) is 4.39 Å². The highest BCUT2D eigenvalue weighted by Crippen LogP contribution is 2.12. The fraction of sp³-hybridized carbons (Fsp3) is 0.538. The van der Waals surface area contributed by atoms with Crippen molar-refractivity contribution in [2.75, 3.05) is 6.54 Å². The molecule has 0 saturated heterocycles. The fourth-order valence-electron chi connectivity index (χ4n) is 1.54. The molecule has 90 valence electrons. The Morgan fingerprint density at radius 1 is 1.31 bits per heavy atom. The summed E-state index contributed by atoms with van der Waals surface area (Å²) in [4.78, 5) is 0. The molecule has 2 atom stereocenters. The van der Waals surface area contributed by atoms with Crippen LogP contribution in [0, 0.1) is 5.82 Å². The van der Waals surface area contributed by atoms with Crippen molar-refractivity contribution in [1.29, 1.82) is 0 Å². The van der Waals surface area contributed by atoms with Crippen molar-refractivity contribution >= 4 is 0 Å². The van der Waals surface area contributed by atoms with Crippen molar-refractivity contribution in [3.63, 3.8) is 0 Å². The van der Waals surface area contributed by atoms with Crippen LogP contribution in [0.25, 0.3) is 0 Å². The monoisotopic (exact) mass is 225 g/mol. The number of halogens is 1. The van der Waals surface area contributed by atoms with Gasteiger partial charge in [-0.1, -0.05) is 19.1 Å².